The molecule has 2 heterocycles. The maximum Gasteiger partial charge on any atom is 0.337 e. The van der Waals surface area contributed by atoms with E-state index in [2.05, 4.69) is 15.5 Å². The number of ether oxygens (including phenoxy) is 1. The van der Waals surface area contributed by atoms with E-state index in [1.807, 2.05) is 26.0 Å². The van der Waals surface area contributed by atoms with Crippen LogP contribution in [0.2, 0.25) is 4.34 Å². The lowest BCUT2D eigenvalue weighted by molar-refractivity contribution is -0.139. The number of amides is 2. The number of likely N-dealkylation sites (N-methyl/N-ethyl adjacent to an activating group) is 1. The summed E-state index contributed by atoms with van der Waals surface area (Å²) in [6.07, 6.45) is 0.623. The lowest BCUT2D eigenvalue weighted by Crippen LogP contribution is -2.52. The Labute approximate surface area is 157 Å². The molecule has 2 N–H and O–H groups in total. The van der Waals surface area contributed by atoms with Gasteiger partial charge in [0, 0.05) is 23.7 Å². The Kier molecular flexibility index (Phi) is 7.28. The molecule has 1 atom stereocenters. The minimum Gasteiger partial charge on any atom is -0.463 e. The van der Waals surface area contributed by atoms with Gasteiger partial charge in [0.05, 0.1) is 22.6 Å². The summed E-state index contributed by atoms with van der Waals surface area (Å²) in [6.45, 7) is 7.98. The van der Waals surface area contributed by atoms with Crippen LogP contribution < -0.4 is 10.6 Å². The highest BCUT2D eigenvalue weighted by Gasteiger charge is 2.32. The second kappa shape index (κ2) is 9.22. The van der Waals surface area contributed by atoms with Gasteiger partial charge in [0.25, 0.3) is 0 Å². The number of urea groups is 1. The molecule has 0 radical (unpaired) electrons. The number of halogens is 1. The topological polar surface area (TPSA) is 70.7 Å². The second-order valence-corrected chi connectivity index (χ2v) is 7.48. The van der Waals surface area contributed by atoms with Crippen molar-refractivity contribution in [1.82, 2.24) is 15.5 Å². The summed E-state index contributed by atoms with van der Waals surface area (Å²) in [5, 5.41) is 5.58. The fraction of sp³-hybridized carbons (Fsp3) is 0.529. The number of thiophene rings is 1. The van der Waals surface area contributed by atoms with Crippen LogP contribution in [0.5, 0.6) is 0 Å². The molecule has 2 amide bonds. The Morgan fingerprint density at radius 3 is 2.64 bits per heavy atom. The third kappa shape index (κ3) is 5.20. The van der Waals surface area contributed by atoms with E-state index in [1.165, 1.54) is 11.3 Å². The first-order valence-electron chi connectivity index (χ1n) is 8.42. The average Bonchev–Trinajstić information content (AvgIpc) is 2.98. The first-order valence-corrected chi connectivity index (χ1v) is 9.62. The van der Waals surface area contributed by atoms with Gasteiger partial charge in [-0.15, -0.1) is 11.3 Å². The number of hydrogen-bond donors (Lipinski definition) is 2. The molecule has 6 nitrogen and oxygen atoms in total. The van der Waals surface area contributed by atoms with E-state index >= 15 is 0 Å². The van der Waals surface area contributed by atoms with Crippen LogP contribution in [-0.4, -0.2) is 42.6 Å². The third-order valence-electron chi connectivity index (χ3n) is 3.98. The number of nitrogens with one attached hydrogen (secondary N) is 2. The molecule has 0 saturated heterocycles. The monoisotopic (exact) mass is 385 g/mol. The second-order valence-electron chi connectivity index (χ2n) is 5.68. The SMILES string of the molecule is CCOC(=O)C1=C(CN(CC)Cc2ccc(Cl)s2)NC(=O)NC1CC. The molecule has 2 rings (SSSR count). The van der Waals surface area contributed by atoms with Gasteiger partial charge in [-0.25, -0.2) is 9.59 Å². The molecule has 25 heavy (non-hydrogen) atoms. The minimum atomic E-state index is -0.382. The molecule has 0 fully saturated rings. The zero-order valence-electron chi connectivity index (χ0n) is 14.7. The van der Waals surface area contributed by atoms with E-state index in [0.29, 0.717) is 37.4 Å². The maximum atomic E-state index is 12.4. The van der Waals surface area contributed by atoms with Gasteiger partial charge in [0.1, 0.15) is 0 Å². The lowest BCUT2D eigenvalue weighted by Gasteiger charge is -2.31. The van der Waals surface area contributed by atoms with Crippen molar-refractivity contribution in [2.45, 2.75) is 39.8 Å². The largest absolute Gasteiger partial charge is 0.463 e. The zero-order valence-corrected chi connectivity index (χ0v) is 16.3. The Balaban J connectivity index is 2.25. The quantitative estimate of drug-likeness (QED) is 0.674. The molecule has 0 spiro atoms. The van der Waals surface area contributed by atoms with E-state index in [9.17, 15) is 9.59 Å². The van der Waals surface area contributed by atoms with Crippen LogP contribution in [0.3, 0.4) is 0 Å². The molecule has 0 bridgehead atoms. The number of carbonyl (C=O) groups is 2. The van der Waals surface area contributed by atoms with Crippen molar-refractivity contribution in [1.29, 1.82) is 0 Å². The van der Waals surface area contributed by atoms with Crippen LogP contribution in [0.25, 0.3) is 0 Å². The average molecular weight is 386 g/mol. The third-order valence-corrected chi connectivity index (χ3v) is 5.20. The highest BCUT2D eigenvalue weighted by molar-refractivity contribution is 7.16. The first kappa shape index (κ1) is 19.8. The van der Waals surface area contributed by atoms with E-state index < -0.39 is 0 Å². The van der Waals surface area contributed by atoms with Gasteiger partial charge in [-0.3, -0.25) is 4.90 Å². The smallest absolute Gasteiger partial charge is 0.337 e. The van der Waals surface area contributed by atoms with Gasteiger partial charge >= 0.3 is 12.0 Å². The van der Waals surface area contributed by atoms with Gasteiger partial charge in [-0.2, -0.15) is 0 Å². The predicted molar refractivity (Wildman–Crippen MR) is 99.7 cm³/mol. The Hall–Kier alpha value is -1.57. The van der Waals surface area contributed by atoms with Crippen LogP contribution in [0.15, 0.2) is 23.4 Å². The summed E-state index contributed by atoms with van der Waals surface area (Å²) < 4.78 is 5.94. The van der Waals surface area contributed by atoms with Crippen LogP contribution in [0, 0.1) is 0 Å². The molecule has 0 saturated carbocycles. The van der Waals surface area contributed by atoms with E-state index in [0.717, 1.165) is 15.8 Å². The minimum absolute atomic E-state index is 0.287. The highest BCUT2D eigenvalue weighted by Crippen LogP contribution is 2.24. The molecule has 1 aliphatic rings. The molecule has 1 aromatic rings. The maximum absolute atomic E-state index is 12.4. The summed E-state index contributed by atoms with van der Waals surface area (Å²) in [5.74, 6) is -0.382. The summed E-state index contributed by atoms with van der Waals surface area (Å²) in [6, 6.07) is 3.24. The van der Waals surface area contributed by atoms with Crippen molar-refractivity contribution >= 4 is 34.9 Å². The van der Waals surface area contributed by atoms with E-state index in [1.54, 1.807) is 6.92 Å². The van der Waals surface area contributed by atoms with Crippen molar-refractivity contribution in [3.63, 3.8) is 0 Å². The van der Waals surface area contributed by atoms with Crippen LogP contribution in [0.1, 0.15) is 32.1 Å². The fourth-order valence-electron chi connectivity index (χ4n) is 2.75. The van der Waals surface area contributed by atoms with Crippen LogP contribution in [0.4, 0.5) is 4.79 Å². The fourth-order valence-corrected chi connectivity index (χ4v) is 3.88. The molecule has 0 aromatic carbocycles. The van der Waals surface area contributed by atoms with Crippen LogP contribution >= 0.6 is 22.9 Å². The number of nitrogens with zero attached hydrogens (tertiary/aromatic N) is 1. The summed E-state index contributed by atoms with van der Waals surface area (Å²) in [5.41, 5.74) is 1.12. The molecule has 1 aromatic heterocycles. The Morgan fingerprint density at radius 1 is 1.32 bits per heavy atom. The van der Waals surface area contributed by atoms with Gasteiger partial charge in [-0.05, 0) is 32.0 Å². The van der Waals surface area contributed by atoms with Crippen molar-refractivity contribution in [2.75, 3.05) is 19.7 Å². The summed E-state index contributed by atoms with van der Waals surface area (Å²) >= 11 is 7.53. The predicted octanol–water partition coefficient (Wildman–Crippen LogP) is 3.13. The molecular weight excluding hydrogens is 362 g/mol. The van der Waals surface area contributed by atoms with Gasteiger partial charge in [0.15, 0.2) is 0 Å². The molecule has 0 aliphatic carbocycles. The lowest BCUT2D eigenvalue weighted by atomic mass is 10.00. The molecular formula is C17H24ClN3O3S. The molecule has 138 valence electrons. The van der Waals surface area contributed by atoms with Crippen molar-refractivity contribution in [3.05, 3.63) is 32.6 Å². The molecule has 8 heteroatoms. The normalized spacial score (nSPS) is 17.5. The van der Waals surface area contributed by atoms with Gasteiger partial charge < -0.3 is 15.4 Å². The highest BCUT2D eigenvalue weighted by atomic mass is 35.5. The standard InChI is InChI=1S/C17H24ClN3O3S/c1-4-12-15(16(22)24-6-3)13(20-17(23)19-12)10-21(5-2)9-11-7-8-14(18)25-11/h7-8,12H,4-6,9-10H2,1-3H3,(H2,19,20,23). The molecule has 1 unspecified atom stereocenters. The van der Waals surface area contributed by atoms with Crippen molar-refractivity contribution in [2.24, 2.45) is 0 Å². The van der Waals surface area contributed by atoms with Gasteiger partial charge in [-0.1, -0.05) is 25.4 Å². The summed E-state index contributed by atoms with van der Waals surface area (Å²) in [4.78, 5) is 27.7. The number of esters is 1. The Bertz CT molecular complexity index is 659. The van der Waals surface area contributed by atoms with Gasteiger partial charge in [0.2, 0.25) is 0 Å². The number of rotatable bonds is 8. The van der Waals surface area contributed by atoms with E-state index in [4.69, 9.17) is 16.3 Å². The summed E-state index contributed by atoms with van der Waals surface area (Å²) in [7, 11) is 0. The van der Waals surface area contributed by atoms with Crippen LogP contribution in [-0.2, 0) is 16.1 Å². The van der Waals surface area contributed by atoms with E-state index in [-0.39, 0.29) is 18.0 Å². The number of hydrogen-bond acceptors (Lipinski definition) is 5. The first-order chi connectivity index (χ1) is 12.0. The number of carbonyl (C=O) groups excluding carboxylic acids is 2. The van der Waals surface area contributed by atoms with Crippen molar-refractivity contribution < 1.29 is 14.3 Å². The van der Waals surface area contributed by atoms with Crippen molar-refractivity contribution in [3.8, 4) is 0 Å². The zero-order chi connectivity index (χ0) is 18.4. The Morgan fingerprint density at radius 2 is 2.08 bits per heavy atom. The molecule has 1 aliphatic heterocycles.